The highest BCUT2D eigenvalue weighted by atomic mass is 16.5. The summed E-state index contributed by atoms with van der Waals surface area (Å²) in [6.45, 7) is 4.52. The molecule has 0 saturated carbocycles. The summed E-state index contributed by atoms with van der Waals surface area (Å²) in [6.07, 6.45) is -0.0775. The number of nitrogens with one attached hydrogen (secondary N) is 2. The third-order valence-corrected chi connectivity index (χ3v) is 6.07. The predicted octanol–water partition coefficient (Wildman–Crippen LogP) is 4.42. The molecule has 4 rings (SSSR count). The number of hydrogen-bond donors (Lipinski definition) is 4. The first-order chi connectivity index (χ1) is 18.8. The van der Waals surface area contributed by atoms with E-state index >= 15 is 0 Å². The maximum atomic E-state index is 13.1. The number of nitrogens with zero attached hydrogens (tertiary/aromatic N) is 2. The molecule has 39 heavy (non-hydrogen) atoms. The molecular formula is C31H33N5O3. The van der Waals surface area contributed by atoms with E-state index in [1.165, 1.54) is 0 Å². The van der Waals surface area contributed by atoms with Gasteiger partial charge in [-0.3, -0.25) is 15.2 Å². The molecule has 4 aromatic rings. The topological polar surface area (TPSA) is 126 Å². The van der Waals surface area contributed by atoms with E-state index in [0.29, 0.717) is 41.2 Å². The molecular weight excluding hydrogens is 490 g/mol. The van der Waals surface area contributed by atoms with E-state index in [2.05, 4.69) is 10.3 Å². The van der Waals surface area contributed by atoms with Crippen LogP contribution in [0.1, 0.15) is 36.2 Å². The monoisotopic (exact) mass is 523 g/mol. The summed E-state index contributed by atoms with van der Waals surface area (Å²) in [4.78, 5) is 17.6. The molecule has 0 spiro atoms. The Labute approximate surface area is 227 Å². The van der Waals surface area contributed by atoms with Crippen LogP contribution in [0.2, 0.25) is 0 Å². The Bertz CT molecular complexity index is 1510. The van der Waals surface area contributed by atoms with Crippen LogP contribution in [0.5, 0.6) is 5.75 Å². The summed E-state index contributed by atoms with van der Waals surface area (Å²) in [7, 11) is 0. The van der Waals surface area contributed by atoms with E-state index in [-0.39, 0.29) is 24.2 Å². The molecule has 0 atom stereocenters. The molecule has 3 aromatic carbocycles. The Morgan fingerprint density at radius 3 is 2.33 bits per heavy atom. The molecule has 0 aliphatic rings. The zero-order valence-corrected chi connectivity index (χ0v) is 22.1. The number of ether oxygens (including phenoxy) is 1. The Balaban J connectivity index is 1.62. The van der Waals surface area contributed by atoms with Gasteiger partial charge in [0.2, 0.25) is 5.91 Å². The first kappa shape index (κ1) is 27.2. The number of pyridine rings is 1. The number of amides is 1. The van der Waals surface area contributed by atoms with Crippen LogP contribution in [-0.2, 0) is 24.4 Å². The molecule has 0 aliphatic carbocycles. The molecule has 8 heteroatoms. The van der Waals surface area contributed by atoms with Crippen LogP contribution in [0.15, 0.2) is 96.0 Å². The maximum absolute atomic E-state index is 13.1. The van der Waals surface area contributed by atoms with Crippen LogP contribution >= 0.6 is 0 Å². The van der Waals surface area contributed by atoms with Crippen molar-refractivity contribution in [3.63, 3.8) is 0 Å². The SMILES string of the molecule is CC(C)N=c1ccc(-c2ccccc2OCc2ccccc2)c(CC(=O)NCc2ccc(C(=N)N)cc2)n1O. The molecule has 1 amide bonds. The zero-order valence-electron chi connectivity index (χ0n) is 22.1. The Morgan fingerprint density at radius 1 is 0.949 bits per heavy atom. The van der Waals surface area contributed by atoms with Crippen molar-refractivity contribution >= 4 is 11.7 Å². The predicted molar refractivity (Wildman–Crippen MR) is 152 cm³/mol. The van der Waals surface area contributed by atoms with Crippen LogP contribution in [0, 0.1) is 5.41 Å². The van der Waals surface area contributed by atoms with Crippen molar-refractivity contribution in [1.82, 2.24) is 10.0 Å². The molecule has 0 aliphatic heterocycles. The average Bonchev–Trinajstić information content (AvgIpc) is 2.94. The number of carbonyl (C=O) groups excluding carboxylic acids is 1. The minimum Gasteiger partial charge on any atom is -0.488 e. The molecule has 5 N–H and O–H groups in total. The summed E-state index contributed by atoms with van der Waals surface area (Å²) in [5.41, 5.74) is 10.2. The third-order valence-electron chi connectivity index (χ3n) is 6.07. The lowest BCUT2D eigenvalue weighted by Gasteiger charge is -2.17. The standard InChI is InChI=1S/C31H33N5O3/c1-21(2)35-29-17-16-25(26-10-6-7-11-28(26)39-20-23-8-4-3-5-9-23)27(36(29)38)18-30(37)34-19-22-12-14-24(15-13-22)31(32)33/h3-17,21,38H,18-20H2,1-2H3,(H3,32,33)(H,34,37). The minimum atomic E-state index is -0.265. The van der Waals surface area contributed by atoms with Gasteiger partial charge in [0.15, 0.2) is 5.49 Å². The number of rotatable bonds is 10. The van der Waals surface area contributed by atoms with Crippen molar-refractivity contribution < 1.29 is 14.7 Å². The van der Waals surface area contributed by atoms with E-state index in [1.54, 1.807) is 18.2 Å². The number of nitrogen functional groups attached to an aromatic ring is 1. The number of nitrogens with two attached hydrogens (primary N) is 1. The quantitative estimate of drug-likeness (QED) is 0.139. The molecule has 1 aromatic heterocycles. The van der Waals surface area contributed by atoms with Crippen LogP contribution in [0.25, 0.3) is 11.1 Å². The van der Waals surface area contributed by atoms with Crippen molar-refractivity contribution in [2.24, 2.45) is 10.7 Å². The summed E-state index contributed by atoms with van der Waals surface area (Å²) in [5, 5.41) is 21.6. The van der Waals surface area contributed by atoms with Gasteiger partial charge in [0.25, 0.3) is 0 Å². The summed E-state index contributed by atoms with van der Waals surface area (Å²) >= 11 is 0. The highest BCUT2D eigenvalue weighted by Crippen LogP contribution is 2.32. The first-order valence-corrected chi connectivity index (χ1v) is 12.8. The molecule has 200 valence electrons. The van der Waals surface area contributed by atoms with Gasteiger partial charge >= 0.3 is 0 Å². The van der Waals surface area contributed by atoms with Crippen molar-refractivity contribution in [1.29, 1.82) is 5.41 Å². The molecule has 0 unspecified atom stereocenters. The molecule has 0 radical (unpaired) electrons. The molecule has 0 saturated heterocycles. The van der Waals surface area contributed by atoms with Crippen molar-refractivity contribution in [3.05, 3.63) is 119 Å². The average molecular weight is 524 g/mol. The van der Waals surface area contributed by atoms with E-state index in [0.717, 1.165) is 21.4 Å². The maximum Gasteiger partial charge on any atom is 0.226 e. The van der Waals surface area contributed by atoms with E-state index in [9.17, 15) is 10.0 Å². The van der Waals surface area contributed by atoms with Gasteiger partial charge in [0.05, 0.1) is 12.1 Å². The summed E-state index contributed by atoms with van der Waals surface area (Å²) in [5.74, 6) is 0.367. The molecule has 0 fully saturated rings. The van der Waals surface area contributed by atoms with Crippen LogP contribution in [-0.4, -0.2) is 27.7 Å². The largest absolute Gasteiger partial charge is 0.488 e. The first-order valence-electron chi connectivity index (χ1n) is 12.8. The number of hydrogen-bond acceptors (Lipinski definition) is 5. The molecule has 0 bridgehead atoms. The Kier molecular flexibility index (Phi) is 8.78. The third kappa shape index (κ3) is 7.13. The second-order valence-electron chi connectivity index (χ2n) is 9.42. The van der Waals surface area contributed by atoms with E-state index in [4.69, 9.17) is 15.9 Å². The van der Waals surface area contributed by atoms with Gasteiger partial charge in [-0.15, -0.1) is 0 Å². The van der Waals surface area contributed by atoms with Crippen molar-refractivity contribution in [3.8, 4) is 16.9 Å². The second kappa shape index (κ2) is 12.6. The lowest BCUT2D eigenvalue weighted by Crippen LogP contribution is -2.30. The molecule has 8 nitrogen and oxygen atoms in total. The zero-order chi connectivity index (χ0) is 27.8. The Morgan fingerprint density at radius 2 is 1.64 bits per heavy atom. The fourth-order valence-electron chi connectivity index (χ4n) is 4.12. The van der Waals surface area contributed by atoms with Gasteiger partial charge in [-0.1, -0.05) is 72.8 Å². The normalized spacial score (nSPS) is 11.4. The smallest absolute Gasteiger partial charge is 0.226 e. The lowest BCUT2D eigenvalue weighted by atomic mass is 10.0. The van der Waals surface area contributed by atoms with Gasteiger partial charge in [0.1, 0.15) is 18.2 Å². The number of aromatic nitrogens is 1. The number of benzene rings is 3. The van der Waals surface area contributed by atoms with Crippen molar-refractivity contribution in [2.75, 3.05) is 0 Å². The van der Waals surface area contributed by atoms with E-state index < -0.39 is 0 Å². The van der Waals surface area contributed by atoms with Crippen LogP contribution in [0.4, 0.5) is 0 Å². The van der Waals surface area contributed by atoms with E-state index in [1.807, 2.05) is 86.6 Å². The van der Waals surface area contributed by atoms with Crippen molar-refractivity contribution in [2.45, 2.75) is 39.5 Å². The number of carbonyl (C=O) groups is 1. The van der Waals surface area contributed by atoms with Gasteiger partial charge < -0.3 is 21.0 Å². The second-order valence-corrected chi connectivity index (χ2v) is 9.42. The highest BCUT2D eigenvalue weighted by Gasteiger charge is 2.18. The fourth-order valence-corrected chi connectivity index (χ4v) is 4.12. The fraction of sp³-hybridized carbons (Fsp3) is 0.194. The van der Waals surface area contributed by atoms with Gasteiger partial charge in [-0.25, -0.2) is 0 Å². The van der Waals surface area contributed by atoms with Crippen LogP contribution in [0.3, 0.4) is 0 Å². The summed E-state index contributed by atoms with van der Waals surface area (Å²) in [6, 6.07) is 28.1. The molecule has 1 heterocycles. The lowest BCUT2D eigenvalue weighted by molar-refractivity contribution is -0.120. The Hall–Kier alpha value is -4.85. The highest BCUT2D eigenvalue weighted by molar-refractivity contribution is 5.94. The summed E-state index contributed by atoms with van der Waals surface area (Å²) < 4.78 is 7.16. The van der Waals surface area contributed by atoms with Gasteiger partial charge in [0, 0.05) is 29.3 Å². The number of amidine groups is 1. The van der Waals surface area contributed by atoms with Gasteiger partial charge in [-0.05, 0) is 43.2 Å². The van der Waals surface area contributed by atoms with Gasteiger partial charge in [-0.2, -0.15) is 4.73 Å². The van der Waals surface area contributed by atoms with Crippen LogP contribution < -0.4 is 21.3 Å². The number of para-hydroxylation sites is 1. The minimum absolute atomic E-state index is 0.00895.